The molecular weight excluding hydrogens is 234 g/mol. The SMILES string of the molecule is CNCCc1cnn(-c2ccc(Cl)cc2C)c1. The molecule has 0 atom stereocenters. The first-order valence-corrected chi connectivity index (χ1v) is 6.03. The maximum atomic E-state index is 5.94. The van der Waals surface area contributed by atoms with E-state index in [0.29, 0.717) is 0 Å². The zero-order valence-electron chi connectivity index (χ0n) is 10.1. The maximum Gasteiger partial charge on any atom is 0.0675 e. The van der Waals surface area contributed by atoms with Crippen molar-refractivity contribution in [3.05, 3.63) is 46.7 Å². The summed E-state index contributed by atoms with van der Waals surface area (Å²) < 4.78 is 1.90. The highest BCUT2D eigenvalue weighted by molar-refractivity contribution is 6.30. The molecule has 4 heteroatoms. The topological polar surface area (TPSA) is 29.9 Å². The minimum Gasteiger partial charge on any atom is -0.319 e. The first-order chi connectivity index (χ1) is 8.20. The summed E-state index contributed by atoms with van der Waals surface area (Å²) in [6, 6.07) is 5.83. The Balaban J connectivity index is 2.24. The second-order valence-corrected chi connectivity index (χ2v) is 4.51. The second kappa shape index (κ2) is 5.34. The first kappa shape index (κ1) is 12.1. The highest BCUT2D eigenvalue weighted by atomic mass is 35.5. The van der Waals surface area contributed by atoms with E-state index >= 15 is 0 Å². The lowest BCUT2D eigenvalue weighted by Gasteiger charge is -2.05. The third-order valence-electron chi connectivity index (χ3n) is 2.71. The average Bonchev–Trinajstić information content (AvgIpc) is 2.75. The van der Waals surface area contributed by atoms with Crippen LogP contribution < -0.4 is 5.32 Å². The number of likely N-dealkylation sites (N-methyl/N-ethyl adjacent to an activating group) is 1. The van der Waals surface area contributed by atoms with Gasteiger partial charge in [-0.05, 0) is 56.3 Å². The van der Waals surface area contributed by atoms with Gasteiger partial charge in [-0.1, -0.05) is 11.6 Å². The van der Waals surface area contributed by atoms with Crippen LogP contribution in [0.2, 0.25) is 5.02 Å². The van der Waals surface area contributed by atoms with Crippen molar-refractivity contribution in [1.29, 1.82) is 0 Å². The molecule has 0 saturated carbocycles. The number of halogens is 1. The van der Waals surface area contributed by atoms with Crippen LogP contribution in [0.1, 0.15) is 11.1 Å². The fourth-order valence-electron chi connectivity index (χ4n) is 1.77. The van der Waals surface area contributed by atoms with E-state index < -0.39 is 0 Å². The number of hydrogen-bond acceptors (Lipinski definition) is 2. The summed E-state index contributed by atoms with van der Waals surface area (Å²) in [6.07, 6.45) is 4.96. The van der Waals surface area contributed by atoms with E-state index in [0.717, 1.165) is 29.2 Å². The molecule has 0 aliphatic carbocycles. The van der Waals surface area contributed by atoms with Crippen molar-refractivity contribution in [3.63, 3.8) is 0 Å². The molecule has 90 valence electrons. The van der Waals surface area contributed by atoms with Crippen LogP contribution in [0.5, 0.6) is 0 Å². The summed E-state index contributed by atoms with van der Waals surface area (Å²) in [5.41, 5.74) is 3.43. The summed E-state index contributed by atoms with van der Waals surface area (Å²) in [5, 5.41) is 8.26. The smallest absolute Gasteiger partial charge is 0.0675 e. The third kappa shape index (κ3) is 2.87. The second-order valence-electron chi connectivity index (χ2n) is 4.08. The van der Waals surface area contributed by atoms with Crippen molar-refractivity contribution in [2.24, 2.45) is 0 Å². The van der Waals surface area contributed by atoms with Gasteiger partial charge in [0.15, 0.2) is 0 Å². The van der Waals surface area contributed by atoms with Crippen molar-refractivity contribution in [2.45, 2.75) is 13.3 Å². The van der Waals surface area contributed by atoms with E-state index in [4.69, 9.17) is 11.6 Å². The molecule has 1 heterocycles. The predicted molar refractivity (Wildman–Crippen MR) is 70.9 cm³/mol. The molecule has 1 aromatic heterocycles. The van der Waals surface area contributed by atoms with Crippen molar-refractivity contribution in [3.8, 4) is 5.69 Å². The molecule has 3 nitrogen and oxygen atoms in total. The number of hydrogen-bond donors (Lipinski definition) is 1. The molecule has 0 unspecified atom stereocenters. The Labute approximate surface area is 106 Å². The molecule has 0 aliphatic heterocycles. The van der Waals surface area contributed by atoms with Gasteiger partial charge in [0.05, 0.1) is 11.9 Å². The molecule has 0 bridgehead atoms. The molecule has 0 aliphatic rings. The van der Waals surface area contributed by atoms with Crippen LogP contribution in [-0.4, -0.2) is 23.4 Å². The van der Waals surface area contributed by atoms with Crippen LogP contribution >= 0.6 is 11.6 Å². The lowest BCUT2D eigenvalue weighted by Crippen LogP contribution is -2.09. The molecule has 1 N–H and O–H groups in total. The Morgan fingerprint density at radius 3 is 2.94 bits per heavy atom. The number of aromatic nitrogens is 2. The summed E-state index contributed by atoms with van der Waals surface area (Å²) in [7, 11) is 1.95. The molecule has 0 amide bonds. The minimum atomic E-state index is 0.758. The largest absolute Gasteiger partial charge is 0.319 e. The van der Waals surface area contributed by atoms with Crippen LogP contribution in [0.25, 0.3) is 5.69 Å². The molecule has 17 heavy (non-hydrogen) atoms. The fourth-order valence-corrected chi connectivity index (χ4v) is 1.99. The monoisotopic (exact) mass is 249 g/mol. The summed E-state index contributed by atoms with van der Waals surface area (Å²) in [6.45, 7) is 3.00. The van der Waals surface area contributed by atoms with Gasteiger partial charge < -0.3 is 5.32 Å². The van der Waals surface area contributed by atoms with Crippen molar-refractivity contribution < 1.29 is 0 Å². The molecule has 1 aromatic carbocycles. The van der Waals surface area contributed by atoms with Crippen molar-refractivity contribution >= 4 is 11.6 Å². The zero-order chi connectivity index (χ0) is 12.3. The lowest BCUT2D eigenvalue weighted by atomic mass is 10.2. The van der Waals surface area contributed by atoms with E-state index in [9.17, 15) is 0 Å². The van der Waals surface area contributed by atoms with Crippen molar-refractivity contribution in [1.82, 2.24) is 15.1 Å². The fraction of sp³-hybridized carbons (Fsp3) is 0.308. The average molecular weight is 250 g/mol. The van der Waals surface area contributed by atoms with E-state index in [2.05, 4.69) is 16.6 Å². The summed E-state index contributed by atoms with van der Waals surface area (Å²) in [4.78, 5) is 0. The molecule has 0 saturated heterocycles. The van der Waals surface area contributed by atoms with Gasteiger partial charge in [0.1, 0.15) is 0 Å². The van der Waals surface area contributed by atoms with Gasteiger partial charge in [-0.3, -0.25) is 0 Å². The number of benzene rings is 1. The Kier molecular flexibility index (Phi) is 3.82. The minimum absolute atomic E-state index is 0.758. The molecule has 0 fully saturated rings. The van der Waals surface area contributed by atoms with Crippen LogP contribution in [0, 0.1) is 6.92 Å². The van der Waals surface area contributed by atoms with Gasteiger partial charge in [0.2, 0.25) is 0 Å². The molecular formula is C13H16ClN3. The van der Waals surface area contributed by atoms with E-state index in [1.807, 2.05) is 43.0 Å². The van der Waals surface area contributed by atoms with Gasteiger partial charge >= 0.3 is 0 Å². The molecule has 2 aromatic rings. The lowest BCUT2D eigenvalue weighted by molar-refractivity contribution is 0.791. The Hall–Kier alpha value is -1.32. The predicted octanol–water partition coefficient (Wildman–Crippen LogP) is 2.60. The number of nitrogens with one attached hydrogen (secondary N) is 1. The van der Waals surface area contributed by atoms with Gasteiger partial charge in [-0.25, -0.2) is 4.68 Å². The third-order valence-corrected chi connectivity index (χ3v) is 2.94. The molecule has 0 radical (unpaired) electrons. The van der Waals surface area contributed by atoms with E-state index in [-0.39, 0.29) is 0 Å². The summed E-state index contributed by atoms with van der Waals surface area (Å²) in [5.74, 6) is 0. The normalized spacial score (nSPS) is 10.8. The van der Waals surface area contributed by atoms with Crippen LogP contribution in [0.3, 0.4) is 0 Å². The maximum absolute atomic E-state index is 5.94. The Morgan fingerprint density at radius 2 is 2.24 bits per heavy atom. The molecule has 2 rings (SSSR count). The standard InChI is InChI=1S/C13H16ClN3/c1-10-7-12(14)3-4-13(10)17-9-11(8-16-17)5-6-15-2/h3-4,7-9,15H,5-6H2,1-2H3. The Bertz CT molecular complexity index is 505. The highest BCUT2D eigenvalue weighted by Gasteiger charge is 2.04. The van der Waals surface area contributed by atoms with Gasteiger partial charge in [0.25, 0.3) is 0 Å². The van der Waals surface area contributed by atoms with Gasteiger partial charge in [0, 0.05) is 11.2 Å². The van der Waals surface area contributed by atoms with Gasteiger partial charge in [-0.2, -0.15) is 5.10 Å². The Morgan fingerprint density at radius 1 is 1.41 bits per heavy atom. The highest BCUT2D eigenvalue weighted by Crippen LogP contribution is 2.18. The van der Waals surface area contributed by atoms with Crippen LogP contribution in [-0.2, 0) is 6.42 Å². The van der Waals surface area contributed by atoms with E-state index in [1.54, 1.807) is 0 Å². The zero-order valence-corrected chi connectivity index (χ0v) is 10.8. The quantitative estimate of drug-likeness (QED) is 0.903. The number of aryl methyl sites for hydroxylation is 1. The first-order valence-electron chi connectivity index (χ1n) is 5.65. The van der Waals surface area contributed by atoms with Crippen LogP contribution in [0.4, 0.5) is 0 Å². The van der Waals surface area contributed by atoms with E-state index in [1.165, 1.54) is 5.56 Å². The van der Waals surface area contributed by atoms with Crippen molar-refractivity contribution in [2.75, 3.05) is 13.6 Å². The van der Waals surface area contributed by atoms with Gasteiger partial charge in [-0.15, -0.1) is 0 Å². The number of nitrogens with zero attached hydrogens (tertiary/aromatic N) is 2. The van der Waals surface area contributed by atoms with Crippen LogP contribution in [0.15, 0.2) is 30.6 Å². The number of rotatable bonds is 4. The summed E-state index contributed by atoms with van der Waals surface area (Å²) >= 11 is 5.94. The molecule has 0 spiro atoms.